The lowest BCUT2D eigenvalue weighted by molar-refractivity contribution is 1.27. The molecule has 0 fully saturated rings. The number of hydrogen-bond acceptors (Lipinski definition) is 1. The van der Waals surface area contributed by atoms with Gasteiger partial charge in [0.1, 0.15) is 0 Å². The highest BCUT2D eigenvalue weighted by molar-refractivity contribution is 9.10. The molecule has 0 amide bonds. The van der Waals surface area contributed by atoms with E-state index in [9.17, 15) is 4.79 Å². The molecule has 0 aliphatic rings. The maximum atomic E-state index is 11.0. The minimum atomic E-state index is -0.120. The van der Waals surface area contributed by atoms with Crippen molar-refractivity contribution in [3.05, 3.63) is 44.2 Å². The van der Waals surface area contributed by atoms with Gasteiger partial charge in [0, 0.05) is 22.1 Å². The zero-order valence-electron chi connectivity index (χ0n) is 6.47. The van der Waals surface area contributed by atoms with E-state index in [2.05, 4.69) is 20.9 Å². The SMILES string of the molecule is O=c1cc2ccc(Br)c(Cl)c2c[nH]1. The summed E-state index contributed by atoms with van der Waals surface area (Å²) in [5, 5.41) is 2.31. The Labute approximate surface area is 87.7 Å². The van der Waals surface area contributed by atoms with Gasteiger partial charge < -0.3 is 4.98 Å². The van der Waals surface area contributed by atoms with Crippen LogP contribution in [0.2, 0.25) is 5.02 Å². The lowest BCUT2D eigenvalue weighted by Gasteiger charge is -2.00. The maximum absolute atomic E-state index is 11.0. The van der Waals surface area contributed by atoms with Crippen LogP contribution >= 0.6 is 27.5 Å². The molecule has 0 atom stereocenters. The predicted octanol–water partition coefficient (Wildman–Crippen LogP) is 2.94. The number of H-pyrrole nitrogens is 1. The van der Waals surface area contributed by atoms with Gasteiger partial charge in [-0.25, -0.2) is 0 Å². The Kier molecular flexibility index (Phi) is 2.14. The topological polar surface area (TPSA) is 32.9 Å². The molecule has 0 aliphatic heterocycles. The van der Waals surface area contributed by atoms with Crippen molar-refractivity contribution in [1.29, 1.82) is 0 Å². The Bertz CT molecular complexity index is 520. The van der Waals surface area contributed by atoms with Crippen LogP contribution in [0.5, 0.6) is 0 Å². The quantitative estimate of drug-likeness (QED) is 0.774. The summed E-state index contributed by atoms with van der Waals surface area (Å²) >= 11 is 9.32. The Morgan fingerprint density at radius 3 is 2.92 bits per heavy atom. The normalized spacial score (nSPS) is 10.6. The molecule has 1 heterocycles. The minimum absolute atomic E-state index is 0.120. The third kappa shape index (κ3) is 1.49. The Morgan fingerprint density at radius 2 is 2.15 bits per heavy atom. The molecule has 0 unspecified atom stereocenters. The molecule has 66 valence electrons. The standard InChI is InChI=1S/C9H5BrClNO/c10-7-2-1-5-3-8(13)12-4-6(5)9(7)11/h1-4H,(H,12,13). The van der Waals surface area contributed by atoms with Crippen LogP contribution in [-0.2, 0) is 0 Å². The molecule has 4 heteroatoms. The lowest BCUT2D eigenvalue weighted by atomic mass is 10.2. The number of aromatic amines is 1. The number of benzene rings is 1. The highest BCUT2D eigenvalue weighted by atomic mass is 79.9. The molecule has 2 aromatic rings. The van der Waals surface area contributed by atoms with Gasteiger partial charge in [-0.2, -0.15) is 0 Å². The van der Waals surface area contributed by atoms with Gasteiger partial charge >= 0.3 is 0 Å². The van der Waals surface area contributed by atoms with E-state index < -0.39 is 0 Å². The molecule has 1 N–H and O–H groups in total. The van der Waals surface area contributed by atoms with Crippen LogP contribution in [-0.4, -0.2) is 4.98 Å². The van der Waals surface area contributed by atoms with Gasteiger partial charge in [0.25, 0.3) is 0 Å². The van der Waals surface area contributed by atoms with Crippen molar-refractivity contribution in [1.82, 2.24) is 4.98 Å². The molecule has 0 radical (unpaired) electrons. The first-order valence-electron chi connectivity index (χ1n) is 3.65. The molecule has 1 aromatic carbocycles. The van der Waals surface area contributed by atoms with Crippen LogP contribution in [0.1, 0.15) is 0 Å². The summed E-state index contributed by atoms with van der Waals surface area (Å²) < 4.78 is 0.828. The first-order valence-corrected chi connectivity index (χ1v) is 4.82. The zero-order chi connectivity index (χ0) is 9.42. The molecule has 0 aliphatic carbocycles. The van der Waals surface area contributed by atoms with Crippen LogP contribution in [0.3, 0.4) is 0 Å². The van der Waals surface area contributed by atoms with Crippen molar-refractivity contribution < 1.29 is 0 Å². The van der Waals surface area contributed by atoms with Gasteiger partial charge in [-0.3, -0.25) is 4.79 Å². The molecule has 0 saturated heterocycles. The molecular weight excluding hydrogens is 253 g/mol. The van der Waals surface area contributed by atoms with Gasteiger partial charge in [0.15, 0.2) is 0 Å². The minimum Gasteiger partial charge on any atom is -0.328 e. The zero-order valence-corrected chi connectivity index (χ0v) is 8.82. The van der Waals surface area contributed by atoms with E-state index in [1.54, 1.807) is 6.20 Å². The van der Waals surface area contributed by atoms with E-state index in [4.69, 9.17) is 11.6 Å². The molecule has 0 saturated carbocycles. The summed E-state index contributed by atoms with van der Waals surface area (Å²) in [7, 11) is 0. The van der Waals surface area contributed by atoms with Crippen LogP contribution < -0.4 is 5.56 Å². The fourth-order valence-corrected chi connectivity index (χ4v) is 1.75. The maximum Gasteiger partial charge on any atom is 0.248 e. The molecule has 0 spiro atoms. The number of hydrogen-bond donors (Lipinski definition) is 1. The van der Waals surface area contributed by atoms with Crippen molar-refractivity contribution in [3.63, 3.8) is 0 Å². The molecule has 13 heavy (non-hydrogen) atoms. The second-order valence-electron chi connectivity index (χ2n) is 2.66. The average molecular weight is 259 g/mol. The van der Waals surface area contributed by atoms with Crippen LogP contribution in [0.4, 0.5) is 0 Å². The number of fused-ring (bicyclic) bond motifs is 1. The van der Waals surface area contributed by atoms with Gasteiger partial charge in [-0.05, 0) is 27.4 Å². The van der Waals surface area contributed by atoms with Gasteiger partial charge in [-0.15, -0.1) is 0 Å². The molecule has 2 rings (SSSR count). The summed E-state index contributed by atoms with van der Waals surface area (Å²) in [6, 6.07) is 5.19. The van der Waals surface area contributed by atoms with E-state index >= 15 is 0 Å². The molecule has 2 nitrogen and oxygen atoms in total. The average Bonchev–Trinajstić information content (AvgIpc) is 2.12. The molecule has 0 bridgehead atoms. The number of pyridine rings is 1. The number of rotatable bonds is 0. The van der Waals surface area contributed by atoms with Crippen LogP contribution in [0.15, 0.2) is 33.7 Å². The summed E-state index contributed by atoms with van der Waals surface area (Å²) in [6.07, 6.45) is 1.62. The number of aromatic nitrogens is 1. The first-order chi connectivity index (χ1) is 6.18. The second-order valence-corrected chi connectivity index (χ2v) is 3.89. The highest BCUT2D eigenvalue weighted by Crippen LogP contribution is 2.29. The van der Waals surface area contributed by atoms with Gasteiger partial charge in [-0.1, -0.05) is 17.7 Å². The first kappa shape index (κ1) is 8.78. The Balaban J connectivity index is 2.95. The van der Waals surface area contributed by atoms with Crippen LogP contribution in [0, 0.1) is 0 Å². The van der Waals surface area contributed by atoms with Crippen LogP contribution in [0.25, 0.3) is 10.8 Å². The van der Waals surface area contributed by atoms with Gasteiger partial charge in [0.05, 0.1) is 5.02 Å². The van der Waals surface area contributed by atoms with E-state index in [1.165, 1.54) is 6.07 Å². The summed E-state index contributed by atoms with van der Waals surface area (Å²) in [6.45, 7) is 0. The fraction of sp³-hybridized carbons (Fsp3) is 0. The Morgan fingerprint density at radius 1 is 1.38 bits per heavy atom. The second kappa shape index (κ2) is 3.16. The van der Waals surface area contributed by atoms with Crippen molar-refractivity contribution in [2.45, 2.75) is 0 Å². The van der Waals surface area contributed by atoms with Crippen molar-refractivity contribution in [2.75, 3.05) is 0 Å². The Hall–Kier alpha value is -0.800. The third-order valence-corrected chi connectivity index (χ3v) is 3.11. The van der Waals surface area contributed by atoms with E-state index in [0.29, 0.717) is 5.02 Å². The summed E-state index contributed by atoms with van der Waals surface area (Å²) in [4.78, 5) is 13.6. The smallest absolute Gasteiger partial charge is 0.248 e. The third-order valence-electron chi connectivity index (χ3n) is 1.81. The van der Waals surface area contributed by atoms with E-state index in [0.717, 1.165) is 15.2 Å². The van der Waals surface area contributed by atoms with E-state index in [-0.39, 0.29) is 5.56 Å². The number of halogens is 2. The number of nitrogens with one attached hydrogen (secondary N) is 1. The summed E-state index contributed by atoms with van der Waals surface area (Å²) in [5.74, 6) is 0. The van der Waals surface area contributed by atoms with E-state index in [1.807, 2.05) is 12.1 Å². The van der Waals surface area contributed by atoms with Crippen molar-refractivity contribution in [3.8, 4) is 0 Å². The van der Waals surface area contributed by atoms with Crippen molar-refractivity contribution >= 4 is 38.3 Å². The largest absolute Gasteiger partial charge is 0.328 e. The van der Waals surface area contributed by atoms with Gasteiger partial charge in [0.2, 0.25) is 5.56 Å². The molecule has 1 aromatic heterocycles. The molecular formula is C9H5BrClNO. The fourth-order valence-electron chi connectivity index (χ4n) is 1.18. The predicted molar refractivity (Wildman–Crippen MR) is 57.3 cm³/mol. The van der Waals surface area contributed by atoms with Crippen molar-refractivity contribution in [2.24, 2.45) is 0 Å². The lowest BCUT2D eigenvalue weighted by Crippen LogP contribution is -2.01. The monoisotopic (exact) mass is 257 g/mol. The summed E-state index contributed by atoms with van der Waals surface area (Å²) in [5.41, 5.74) is -0.120. The highest BCUT2D eigenvalue weighted by Gasteiger charge is 2.02.